The average Bonchev–Trinajstić information content (AvgIpc) is 3.62. The fourth-order valence-electron chi connectivity index (χ4n) is 4.62. The molecule has 0 radical (unpaired) electrons. The van der Waals surface area contributed by atoms with E-state index in [9.17, 15) is 9.90 Å². The van der Waals surface area contributed by atoms with E-state index in [1.807, 2.05) is 25.1 Å². The molecule has 2 aliphatic heterocycles. The van der Waals surface area contributed by atoms with Crippen molar-refractivity contribution >= 4 is 11.8 Å². The van der Waals surface area contributed by atoms with Crippen LogP contribution in [-0.2, 0) is 4.84 Å². The summed E-state index contributed by atoms with van der Waals surface area (Å²) in [6.45, 7) is 4.25. The summed E-state index contributed by atoms with van der Waals surface area (Å²) in [4.78, 5) is 25.3. The maximum atomic E-state index is 12.2. The van der Waals surface area contributed by atoms with Gasteiger partial charge in [-0.2, -0.15) is 0 Å². The number of hydrogen-bond donors (Lipinski definition) is 3. The number of aryl methyl sites for hydroxylation is 1. The summed E-state index contributed by atoms with van der Waals surface area (Å²) in [6.07, 6.45) is 5.99. The van der Waals surface area contributed by atoms with Gasteiger partial charge >= 0.3 is 0 Å². The van der Waals surface area contributed by atoms with Crippen molar-refractivity contribution in [3.63, 3.8) is 0 Å². The van der Waals surface area contributed by atoms with Gasteiger partial charge in [-0.1, -0.05) is 0 Å². The highest BCUT2D eigenvalue weighted by atomic mass is 16.7. The number of amides is 1. The van der Waals surface area contributed by atoms with Gasteiger partial charge in [0.05, 0.1) is 19.3 Å². The van der Waals surface area contributed by atoms with Crippen LogP contribution in [0.2, 0.25) is 0 Å². The van der Waals surface area contributed by atoms with Crippen LogP contribution in [0.3, 0.4) is 0 Å². The van der Waals surface area contributed by atoms with Crippen molar-refractivity contribution in [3.8, 4) is 5.75 Å². The number of aliphatic imine (C=N–C) groups is 1. The van der Waals surface area contributed by atoms with Gasteiger partial charge < -0.3 is 25.1 Å². The molecule has 188 valence electrons. The van der Waals surface area contributed by atoms with Gasteiger partial charge in [0.15, 0.2) is 6.29 Å². The van der Waals surface area contributed by atoms with Crippen molar-refractivity contribution in [2.75, 3.05) is 39.9 Å². The molecule has 0 spiro atoms. The number of nitrogens with one attached hydrogen (secondary N) is 1. The summed E-state index contributed by atoms with van der Waals surface area (Å²) in [6, 6.07) is 5.41. The lowest BCUT2D eigenvalue weighted by Crippen LogP contribution is -2.46. The fourth-order valence-corrected chi connectivity index (χ4v) is 4.62. The van der Waals surface area contributed by atoms with E-state index in [0.717, 1.165) is 43.1 Å². The monoisotopic (exact) mass is 474 g/mol. The normalized spacial score (nSPS) is 22.8. The molecule has 1 aromatic rings. The molecule has 1 amide bonds. The average molecular weight is 475 g/mol. The largest absolute Gasteiger partial charge is 0.494 e. The maximum absolute atomic E-state index is 12.2. The van der Waals surface area contributed by atoms with Crippen molar-refractivity contribution in [3.05, 3.63) is 29.3 Å². The highest BCUT2D eigenvalue weighted by Gasteiger charge is 2.39. The van der Waals surface area contributed by atoms with E-state index in [-0.39, 0.29) is 25.3 Å². The predicted octanol–water partition coefficient (Wildman–Crippen LogP) is 1.92. The number of rotatable bonds is 11. The van der Waals surface area contributed by atoms with Gasteiger partial charge in [-0.05, 0) is 75.1 Å². The number of aliphatic hydroxyl groups is 2. The third kappa shape index (κ3) is 6.47. The Balaban J connectivity index is 1.14. The van der Waals surface area contributed by atoms with Gasteiger partial charge in [0.25, 0.3) is 5.91 Å². The molecule has 1 saturated heterocycles. The number of hydrogen-bond acceptors (Lipinski definition) is 8. The molecule has 0 aromatic heterocycles. The Labute approximate surface area is 201 Å². The first-order valence-electron chi connectivity index (χ1n) is 12.5. The molecule has 1 unspecified atom stereocenters. The van der Waals surface area contributed by atoms with Gasteiger partial charge in [-0.25, -0.2) is 4.99 Å². The molecule has 1 aliphatic carbocycles. The molecule has 9 heteroatoms. The molecule has 9 nitrogen and oxygen atoms in total. The summed E-state index contributed by atoms with van der Waals surface area (Å²) in [5.41, 5.74) is 1.35. The highest BCUT2D eigenvalue weighted by Crippen LogP contribution is 2.35. The molecular formula is C25H38N4O5. The number of likely N-dealkylation sites (tertiary alicyclic amines) is 1. The Morgan fingerprint density at radius 2 is 2.06 bits per heavy atom. The van der Waals surface area contributed by atoms with Crippen LogP contribution in [0, 0.1) is 18.8 Å². The van der Waals surface area contributed by atoms with E-state index < -0.39 is 6.10 Å². The van der Waals surface area contributed by atoms with Crippen LogP contribution in [0.15, 0.2) is 23.2 Å². The van der Waals surface area contributed by atoms with E-state index >= 15 is 0 Å². The second-order valence-electron chi connectivity index (χ2n) is 9.72. The zero-order chi connectivity index (χ0) is 24.1. The lowest BCUT2D eigenvalue weighted by Gasteiger charge is -2.35. The van der Waals surface area contributed by atoms with Gasteiger partial charge in [-0.15, -0.1) is 5.06 Å². The lowest BCUT2D eigenvalue weighted by atomic mass is 9.92. The number of hydroxylamine groups is 2. The molecule has 0 bridgehead atoms. The summed E-state index contributed by atoms with van der Waals surface area (Å²) in [5, 5.41) is 22.8. The minimum Gasteiger partial charge on any atom is -0.494 e. The maximum Gasteiger partial charge on any atom is 0.251 e. The van der Waals surface area contributed by atoms with Crippen molar-refractivity contribution in [1.29, 1.82) is 0 Å². The summed E-state index contributed by atoms with van der Waals surface area (Å²) < 4.78 is 5.93. The van der Waals surface area contributed by atoms with Gasteiger partial charge in [-0.3, -0.25) is 9.69 Å². The number of carbonyl (C=O) groups excluding carboxylic acids is 1. The molecule has 34 heavy (non-hydrogen) atoms. The van der Waals surface area contributed by atoms with Gasteiger partial charge in [0, 0.05) is 38.2 Å². The van der Waals surface area contributed by atoms with Crippen molar-refractivity contribution < 1.29 is 24.6 Å². The van der Waals surface area contributed by atoms with Crippen LogP contribution < -0.4 is 10.1 Å². The summed E-state index contributed by atoms with van der Waals surface area (Å²) in [5.74, 6) is 2.67. The smallest absolute Gasteiger partial charge is 0.251 e. The first-order chi connectivity index (χ1) is 16.4. The zero-order valence-electron chi connectivity index (χ0n) is 20.3. The molecule has 2 heterocycles. The number of nitrogens with zero attached hydrogens (tertiary/aromatic N) is 3. The number of ether oxygens (including phenoxy) is 1. The predicted molar refractivity (Wildman–Crippen MR) is 128 cm³/mol. The van der Waals surface area contributed by atoms with Crippen LogP contribution in [-0.4, -0.2) is 84.3 Å². The topological polar surface area (TPSA) is 107 Å². The molecule has 1 saturated carbocycles. The van der Waals surface area contributed by atoms with E-state index in [0.29, 0.717) is 24.0 Å². The molecule has 3 aliphatic rings. The third-order valence-electron chi connectivity index (χ3n) is 6.88. The van der Waals surface area contributed by atoms with Crippen molar-refractivity contribution in [2.45, 2.75) is 57.8 Å². The first-order valence-corrected chi connectivity index (χ1v) is 12.5. The third-order valence-corrected chi connectivity index (χ3v) is 6.88. The van der Waals surface area contributed by atoms with Crippen LogP contribution in [0.4, 0.5) is 0 Å². The van der Waals surface area contributed by atoms with E-state index in [1.165, 1.54) is 25.7 Å². The van der Waals surface area contributed by atoms with Crippen LogP contribution in [0.5, 0.6) is 5.75 Å². The Kier molecular flexibility index (Phi) is 8.41. The molecule has 3 N–H and O–H groups in total. The number of piperidine rings is 1. The minimum atomic E-state index is -0.953. The Hall–Kier alpha value is -2.20. The minimum absolute atomic E-state index is 0.0196. The highest BCUT2D eigenvalue weighted by molar-refractivity contribution is 5.95. The molecule has 1 aromatic carbocycles. The van der Waals surface area contributed by atoms with Gasteiger partial charge in [0.2, 0.25) is 5.90 Å². The fraction of sp³-hybridized carbons (Fsp3) is 0.680. The quantitative estimate of drug-likeness (QED) is 0.421. The van der Waals surface area contributed by atoms with Crippen LogP contribution in [0.1, 0.15) is 54.4 Å². The SMILES string of the molecule is Cc1cc(OCCCC2CCN(C3N=C(C4CC4)ON3C)CC2)ccc1C(=O)NC[C@H](O)CO. The van der Waals surface area contributed by atoms with Crippen LogP contribution >= 0.6 is 0 Å². The second kappa shape index (κ2) is 11.5. The molecular weight excluding hydrogens is 436 g/mol. The van der Waals surface area contributed by atoms with E-state index in [2.05, 4.69) is 10.2 Å². The summed E-state index contributed by atoms with van der Waals surface area (Å²) in [7, 11) is 1.98. The van der Waals surface area contributed by atoms with Crippen molar-refractivity contribution in [1.82, 2.24) is 15.3 Å². The van der Waals surface area contributed by atoms with Gasteiger partial charge in [0.1, 0.15) is 5.75 Å². The Morgan fingerprint density at radius 1 is 1.29 bits per heavy atom. The van der Waals surface area contributed by atoms with Crippen molar-refractivity contribution in [2.24, 2.45) is 16.8 Å². The van der Waals surface area contributed by atoms with Crippen LogP contribution in [0.25, 0.3) is 0 Å². The van der Waals surface area contributed by atoms with E-state index in [1.54, 1.807) is 12.1 Å². The first kappa shape index (κ1) is 24.9. The zero-order valence-corrected chi connectivity index (χ0v) is 20.3. The number of benzene rings is 1. The number of aliphatic hydroxyl groups excluding tert-OH is 2. The standard InChI is InChI=1S/C25H38N4O5/c1-17-14-21(7-8-22(17)23(32)26-15-20(31)16-30)33-13-3-4-18-9-11-29(12-10-18)25-27-24(19-5-6-19)34-28(25)2/h7-8,14,18-20,25,30-31H,3-6,9-13,15-16H2,1-2H3,(H,26,32)/t20-,25?/m0/s1. The Morgan fingerprint density at radius 3 is 2.74 bits per heavy atom. The molecule has 4 rings (SSSR count). The Bertz CT molecular complexity index is 867. The summed E-state index contributed by atoms with van der Waals surface area (Å²) >= 11 is 0. The molecule has 2 fully saturated rings. The lowest BCUT2D eigenvalue weighted by molar-refractivity contribution is -0.116. The number of carbonyl (C=O) groups is 1. The van der Waals surface area contributed by atoms with E-state index in [4.69, 9.17) is 19.7 Å². The second-order valence-corrected chi connectivity index (χ2v) is 9.72. The molecule has 2 atom stereocenters.